The third kappa shape index (κ3) is 4.83. The number of ether oxygens (including phenoxy) is 1. The molecule has 0 bridgehead atoms. The standard InChI is InChI=1S/C24H18Cl2N2O/c25-21-9-10-22(23(26)12-21)24(20-13-27-16-28-14-20)29-15-17-5-4-8-19(11-17)18-6-2-1-3-7-18/h1-14,16,24H,15H2. The molecule has 0 amide bonds. The third-order valence-electron chi connectivity index (χ3n) is 4.58. The van der Waals surface area contributed by atoms with E-state index in [0.29, 0.717) is 16.7 Å². The molecule has 3 aromatic carbocycles. The van der Waals surface area contributed by atoms with E-state index in [9.17, 15) is 0 Å². The third-order valence-corrected chi connectivity index (χ3v) is 5.14. The molecule has 0 fully saturated rings. The van der Waals surface area contributed by atoms with Gasteiger partial charge in [0.15, 0.2) is 0 Å². The van der Waals surface area contributed by atoms with E-state index in [1.54, 1.807) is 24.5 Å². The molecule has 4 rings (SSSR count). The van der Waals surface area contributed by atoms with Crippen molar-refractivity contribution in [3.8, 4) is 11.1 Å². The average Bonchev–Trinajstić information content (AvgIpc) is 2.77. The SMILES string of the molecule is Clc1ccc(C(OCc2cccc(-c3ccccc3)c2)c2cncnc2)c(Cl)c1. The van der Waals surface area contributed by atoms with Crippen molar-refractivity contribution in [1.82, 2.24) is 9.97 Å². The molecule has 0 spiro atoms. The Hall–Kier alpha value is -2.72. The normalized spacial score (nSPS) is 11.9. The largest absolute Gasteiger partial charge is 0.364 e. The monoisotopic (exact) mass is 420 g/mol. The maximum Gasteiger partial charge on any atom is 0.115 e. The van der Waals surface area contributed by atoms with Gasteiger partial charge < -0.3 is 4.74 Å². The fourth-order valence-corrected chi connectivity index (χ4v) is 3.68. The van der Waals surface area contributed by atoms with Crippen molar-refractivity contribution >= 4 is 23.2 Å². The second kappa shape index (κ2) is 9.19. The molecule has 0 radical (unpaired) electrons. The van der Waals surface area contributed by atoms with E-state index in [2.05, 4.69) is 40.3 Å². The van der Waals surface area contributed by atoms with Crippen LogP contribution in [0, 0.1) is 0 Å². The highest BCUT2D eigenvalue weighted by Gasteiger charge is 2.19. The van der Waals surface area contributed by atoms with Crippen molar-refractivity contribution in [3.63, 3.8) is 0 Å². The van der Waals surface area contributed by atoms with Crippen LogP contribution in [0.2, 0.25) is 10.0 Å². The first-order valence-corrected chi connectivity index (χ1v) is 9.92. The number of nitrogens with zero attached hydrogens (tertiary/aromatic N) is 2. The summed E-state index contributed by atoms with van der Waals surface area (Å²) in [5.41, 5.74) is 5.04. The number of aromatic nitrogens is 2. The second-order valence-electron chi connectivity index (χ2n) is 6.60. The van der Waals surface area contributed by atoms with Crippen LogP contribution in [0.3, 0.4) is 0 Å². The Labute approximate surface area is 179 Å². The molecule has 0 aliphatic heterocycles. The number of halogens is 2. The van der Waals surface area contributed by atoms with Crippen molar-refractivity contribution in [2.24, 2.45) is 0 Å². The van der Waals surface area contributed by atoms with E-state index in [-0.39, 0.29) is 0 Å². The first-order chi connectivity index (χ1) is 14.2. The van der Waals surface area contributed by atoms with Gasteiger partial charge in [-0.05, 0) is 34.9 Å². The summed E-state index contributed by atoms with van der Waals surface area (Å²) in [7, 11) is 0. The van der Waals surface area contributed by atoms with Gasteiger partial charge in [-0.25, -0.2) is 9.97 Å². The van der Waals surface area contributed by atoms with Crippen molar-refractivity contribution < 1.29 is 4.74 Å². The maximum atomic E-state index is 6.46. The molecule has 0 saturated carbocycles. The van der Waals surface area contributed by atoms with Crippen molar-refractivity contribution in [2.75, 3.05) is 0 Å². The predicted molar refractivity (Wildman–Crippen MR) is 117 cm³/mol. The van der Waals surface area contributed by atoms with Crippen molar-refractivity contribution in [3.05, 3.63) is 118 Å². The minimum Gasteiger partial charge on any atom is -0.364 e. The van der Waals surface area contributed by atoms with Crippen LogP contribution in [0.1, 0.15) is 22.8 Å². The summed E-state index contributed by atoms with van der Waals surface area (Å²) in [6.07, 6.45) is 4.57. The number of benzene rings is 3. The molecule has 0 saturated heterocycles. The van der Waals surface area contributed by atoms with Gasteiger partial charge >= 0.3 is 0 Å². The van der Waals surface area contributed by atoms with Crippen LogP contribution in [0.4, 0.5) is 0 Å². The maximum absolute atomic E-state index is 6.46. The quantitative estimate of drug-likeness (QED) is 0.345. The Morgan fingerprint density at radius 1 is 0.793 bits per heavy atom. The Kier molecular flexibility index (Phi) is 6.20. The first kappa shape index (κ1) is 19.6. The molecule has 144 valence electrons. The summed E-state index contributed by atoms with van der Waals surface area (Å²) in [6, 6.07) is 24.0. The van der Waals surface area contributed by atoms with Gasteiger partial charge in [-0.15, -0.1) is 0 Å². The number of hydrogen-bond donors (Lipinski definition) is 0. The number of rotatable bonds is 6. The fraction of sp³-hybridized carbons (Fsp3) is 0.0833. The van der Waals surface area contributed by atoms with Gasteiger partial charge in [-0.1, -0.05) is 77.8 Å². The highest BCUT2D eigenvalue weighted by Crippen LogP contribution is 2.33. The average molecular weight is 421 g/mol. The molecule has 1 atom stereocenters. The first-order valence-electron chi connectivity index (χ1n) is 9.16. The number of hydrogen-bond acceptors (Lipinski definition) is 3. The lowest BCUT2D eigenvalue weighted by Crippen LogP contribution is -2.08. The van der Waals surface area contributed by atoms with Gasteiger partial charge in [0.25, 0.3) is 0 Å². The van der Waals surface area contributed by atoms with E-state index in [4.69, 9.17) is 27.9 Å². The molecule has 0 N–H and O–H groups in total. The van der Waals surface area contributed by atoms with Crippen LogP contribution in [-0.4, -0.2) is 9.97 Å². The summed E-state index contributed by atoms with van der Waals surface area (Å²) in [4.78, 5) is 8.25. The topological polar surface area (TPSA) is 35.0 Å². The van der Waals surface area contributed by atoms with Gasteiger partial charge in [0.2, 0.25) is 0 Å². The fourth-order valence-electron chi connectivity index (χ4n) is 3.18. The lowest BCUT2D eigenvalue weighted by atomic mass is 10.0. The predicted octanol–water partition coefficient (Wildman–Crippen LogP) is 6.76. The molecule has 0 aliphatic carbocycles. The Morgan fingerprint density at radius 3 is 2.31 bits per heavy atom. The molecule has 1 heterocycles. The smallest absolute Gasteiger partial charge is 0.115 e. The van der Waals surface area contributed by atoms with E-state index < -0.39 is 6.10 Å². The van der Waals surface area contributed by atoms with Crippen LogP contribution in [-0.2, 0) is 11.3 Å². The zero-order chi connectivity index (χ0) is 20.1. The Balaban J connectivity index is 1.61. The zero-order valence-electron chi connectivity index (χ0n) is 15.5. The minimum absolute atomic E-state index is 0.402. The van der Waals surface area contributed by atoms with E-state index in [1.165, 1.54) is 11.9 Å². The minimum atomic E-state index is -0.402. The van der Waals surface area contributed by atoms with Crippen LogP contribution < -0.4 is 0 Å². The van der Waals surface area contributed by atoms with Gasteiger partial charge in [0.05, 0.1) is 6.61 Å². The summed E-state index contributed by atoms with van der Waals surface area (Å²) >= 11 is 12.5. The van der Waals surface area contributed by atoms with Crippen molar-refractivity contribution in [2.45, 2.75) is 12.7 Å². The van der Waals surface area contributed by atoms with E-state index in [1.807, 2.05) is 30.3 Å². The van der Waals surface area contributed by atoms with Crippen molar-refractivity contribution in [1.29, 1.82) is 0 Å². The highest BCUT2D eigenvalue weighted by molar-refractivity contribution is 6.35. The summed E-state index contributed by atoms with van der Waals surface area (Å²) in [6.45, 7) is 0.416. The highest BCUT2D eigenvalue weighted by atomic mass is 35.5. The summed E-state index contributed by atoms with van der Waals surface area (Å²) in [5.74, 6) is 0. The van der Waals surface area contributed by atoms with Gasteiger partial charge in [-0.2, -0.15) is 0 Å². The van der Waals surface area contributed by atoms with Crippen LogP contribution in [0.5, 0.6) is 0 Å². The molecule has 5 heteroatoms. The molecule has 3 nitrogen and oxygen atoms in total. The van der Waals surface area contributed by atoms with E-state index >= 15 is 0 Å². The molecular formula is C24H18Cl2N2O. The lowest BCUT2D eigenvalue weighted by Gasteiger charge is -2.20. The van der Waals surface area contributed by atoms with Crippen LogP contribution in [0.25, 0.3) is 11.1 Å². The van der Waals surface area contributed by atoms with Gasteiger partial charge in [0, 0.05) is 33.6 Å². The van der Waals surface area contributed by atoms with Gasteiger partial charge in [-0.3, -0.25) is 0 Å². The van der Waals surface area contributed by atoms with Crippen LogP contribution >= 0.6 is 23.2 Å². The molecular weight excluding hydrogens is 403 g/mol. The van der Waals surface area contributed by atoms with Crippen LogP contribution in [0.15, 0.2) is 91.5 Å². The summed E-state index contributed by atoms with van der Waals surface area (Å²) < 4.78 is 6.30. The lowest BCUT2D eigenvalue weighted by molar-refractivity contribution is 0.0664. The molecule has 4 aromatic rings. The Bertz CT molecular complexity index is 1090. The van der Waals surface area contributed by atoms with E-state index in [0.717, 1.165) is 22.3 Å². The molecule has 1 aromatic heterocycles. The molecule has 0 aliphatic rings. The zero-order valence-corrected chi connectivity index (χ0v) is 17.0. The molecule has 1 unspecified atom stereocenters. The second-order valence-corrected chi connectivity index (χ2v) is 7.44. The van der Waals surface area contributed by atoms with Gasteiger partial charge in [0.1, 0.15) is 12.4 Å². The summed E-state index contributed by atoms with van der Waals surface area (Å²) in [5, 5.41) is 1.13. The Morgan fingerprint density at radius 2 is 1.55 bits per heavy atom. The molecule has 29 heavy (non-hydrogen) atoms.